The van der Waals surface area contributed by atoms with Crippen molar-refractivity contribution < 1.29 is 13.2 Å². The van der Waals surface area contributed by atoms with Crippen LogP contribution < -0.4 is 5.32 Å². The van der Waals surface area contributed by atoms with Gasteiger partial charge in [0, 0.05) is 19.8 Å². The summed E-state index contributed by atoms with van der Waals surface area (Å²) < 4.78 is 29.2. The average Bonchev–Trinajstić information content (AvgIpc) is 2.28. The lowest BCUT2D eigenvalue weighted by Gasteiger charge is -2.30. The SMILES string of the molecule is CCNC(CCCOC)C1CCCCS1(=O)=O. The van der Waals surface area contributed by atoms with Crippen molar-refractivity contribution in [1.29, 1.82) is 0 Å². The van der Waals surface area contributed by atoms with Crippen LogP contribution in [0.15, 0.2) is 0 Å². The summed E-state index contributed by atoms with van der Waals surface area (Å²) in [6.07, 6.45) is 4.48. The predicted octanol–water partition coefficient (Wildman–Crippen LogP) is 1.36. The fraction of sp³-hybridized carbons (Fsp3) is 1.00. The van der Waals surface area contributed by atoms with Gasteiger partial charge < -0.3 is 10.1 Å². The first kappa shape index (κ1) is 14.9. The molecule has 1 fully saturated rings. The highest BCUT2D eigenvalue weighted by Gasteiger charge is 2.34. The Balaban J connectivity index is 2.60. The lowest BCUT2D eigenvalue weighted by atomic mass is 10.0. The molecule has 102 valence electrons. The van der Waals surface area contributed by atoms with Crippen LogP contribution in [0.25, 0.3) is 0 Å². The molecule has 0 bridgehead atoms. The van der Waals surface area contributed by atoms with Crippen LogP contribution in [-0.4, -0.2) is 45.7 Å². The van der Waals surface area contributed by atoms with Gasteiger partial charge in [-0.25, -0.2) is 8.42 Å². The molecule has 5 heteroatoms. The molecule has 0 spiro atoms. The van der Waals surface area contributed by atoms with Crippen molar-refractivity contribution in [3.63, 3.8) is 0 Å². The summed E-state index contributed by atoms with van der Waals surface area (Å²) in [6.45, 7) is 3.55. The van der Waals surface area contributed by atoms with E-state index in [4.69, 9.17) is 4.74 Å². The van der Waals surface area contributed by atoms with E-state index in [9.17, 15) is 8.42 Å². The molecule has 0 amide bonds. The van der Waals surface area contributed by atoms with E-state index >= 15 is 0 Å². The molecule has 1 aliphatic heterocycles. The third-order valence-electron chi connectivity index (χ3n) is 3.41. The Morgan fingerprint density at radius 3 is 2.76 bits per heavy atom. The van der Waals surface area contributed by atoms with Crippen LogP contribution in [0.5, 0.6) is 0 Å². The Morgan fingerprint density at radius 2 is 2.18 bits per heavy atom. The first-order chi connectivity index (χ1) is 8.11. The Hall–Kier alpha value is -0.130. The van der Waals surface area contributed by atoms with Crippen molar-refractivity contribution in [2.24, 2.45) is 0 Å². The summed E-state index contributed by atoms with van der Waals surface area (Å²) in [5, 5.41) is 3.15. The van der Waals surface area contributed by atoms with Gasteiger partial charge in [0.05, 0.1) is 11.0 Å². The van der Waals surface area contributed by atoms with Crippen LogP contribution in [0.1, 0.15) is 39.0 Å². The molecule has 4 nitrogen and oxygen atoms in total. The van der Waals surface area contributed by atoms with E-state index in [0.29, 0.717) is 12.4 Å². The highest BCUT2D eigenvalue weighted by atomic mass is 32.2. The second-order valence-electron chi connectivity index (χ2n) is 4.70. The number of rotatable bonds is 7. The minimum atomic E-state index is -2.89. The first-order valence-electron chi connectivity index (χ1n) is 6.55. The Bertz CT molecular complexity index is 303. The molecule has 1 N–H and O–H groups in total. The molecule has 0 aromatic rings. The zero-order chi connectivity index (χ0) is 12.7. The van der Waals surface area contributed by atoms with Gasteiger partial charge in [0.2, 0.25) is 0 Å². The van der Waals surface area contributed by atoms with Crippen molar-refractivity contribution in [3.8, 4) is 0 Å². The smallest absolute Gasteiger partial charge is 0.154 e. The van der Waals surface area contributed by atoms with Crippen molar-refractivity contribution in [2.45, 2.75) is 50.3 Å². The molecule has 1 saturated heterocycles. The molecule has 0 aliphatic carbocycles. The summed E-state index contributed by atoms with van der Waals surface area (Å²) >= 11 is 0. The number of nitrogens with one attached hydrogen (secondary N) is 1. The highest BCUT2D eigenvalue weighted by molar-refractivity contribution is 7.92. The average molecular weight is 263 g/mol. The Morgan fingerprint density at radius 1 is 1.41 bits per heavy atom. The second-order valence-corrected chi connectivity index (χ2v) is 7.04. The molecular weight excluding hydrogens is 238 g/mol. The van der Waals surface area contributed by atoms with Gasteiger partial charge >= 0.3 is 0 Å². The molecule has 1 rings (SSSR count). The summed E-state index contributed by atoms with van der Waals surface area (Å²) in [6, 6.07) is 0.0976. The van der Waals surface area contributed by atoms with Gasteiger partial charge in [-0.15, -0.1) is 0 Å². The quantitative estimate of drug-likeness (QED) is 0.705. The molecule has 0 aromatic carbocycles. The second kappa shape index (κ2) is 7.34. The van der Waals surface area contributed by atoms with Crippen molar-refractivity contribution >= 4 is 9.84 Å². The summed E-state index contributed by atoms with van der Waals surface area (Å²) in [5.74, 6) is 0.365. The Labute approximate surface area is 105 Å². The number of ether oxygens (including phenoxy) is 1. The number of hydrogen-bond acceptors (Lipinski definition) is 4. The molecule has 1 heterocycles. The van der Waals surface area contributed by atoms with Gasteiger partial charge in [-0.05, 0) is 32.2 Å². The third-order valence-corrected chi connectivity index (χ3v) is 5.75. The standard InChI is InChI=1S/C12H25NO3S/c1-3-13-11(7-6-9-16-2)12-8-4-5-10-17(12,14)15/h11-13H,3-10H2,1-2H3. The van der Waals surface area contributed by atoms with Crippen LogP contribution >= 0.6 is 0 Å². The van der Waals surface area contributed by atoms with E-state index in [1.165, 1.54) is 0 Å². The van der Waals surface area contributed by atoms with Gasteiger partial charge in [0.25, 0.3) is 0 Å². The molecule has 2 unspecified atom stereocenters. The van der Waals surface area contributed by atoms with Crippen LogP contribution in [-0.2, 0) is 14.6 Å². The van der Waals surface area contributed by atoms with E-state index in [-0.39, 0.29) is 11.3 Å². The Kier molecular flexibility index (Phi) is 6.44. The lowest BCUT2D eigenvalue weighted by Crippen LogP contribution is -2.46. The van der Waals surface area contributed by atoms with Gasteiger partial charge in [-0.3, -0.25) is 0 Å². The number of sulfone groups is 1. The van der Waals surface area contributed by atoms with Crippen molar-refractivity contribution in [2.75, 3.05) is 26.0 Å². The van der Waals surface area contributed by atoms with E-state index in [2.05, 4.69) is 5.32 Å². The van der Waals surface area contributed by atoms with E-state index in [1.807, 2.05) is 6.92 Å². The predicted molar refractivity (Wildman–Crippen MR) is 70.0 cm³/mol. The number of hydrogen-bond donors (Lipinski definition) is 1. The largest absolute Gasteiger partial charge is 0.385 e. The first-order valence-corrected chi connectivity index (χ1v) is 8.27. The molecule has 1 aliphatic rings. The van der Waals surface area contributed by atoms with Crippen molar-refractivity contribution in [3.05, 3.63) is 0 Å². The van der Waals surface area contributed by atoms with E-state index in [0.717, 1.165) is 38.6 Å². The minimum absolute atomic E-state index is 0.0976. The zero-order valence-corrected chi connectivity index (χ0v) is 11.8. The van der Waals surface area contributed by atoms with Crippen LogP contribution in [0, 0.1) is 0 Å². The van der Waals surface area contributed by atoms with Crippen LogP contribution in [0.3, 0.4) is 0 Å². The lowest BCUT2D eigenvalue weighted by molar-refractivity contribution is 0.188. The normalized spacial score (nSPS) is 25.6. The molecule has 0 radical (unpaired) electrons. The fourth-order valence-electron chi connectivity index (χ4n) is 2.56. The fourth-order valence-corrected chi connectivity index (χ4v) is 4.73. The zero-order valence-electron chi connectivity index (χ0n) is 10.9. The van der Waals surface area contributed by atoms with Crippen LogP contribution in [0.2, 0.25) is 0 Å². The maximum atomic E-state index is 12.1. The third kappa shape index (κ3) is 4.56. The molecule has 2 atom stereocenters. The molecule has 0 saturated carbocycles. The van der Waals surface area contributed by atoms with E-state index < -0.39 is 9.84 Å². The monoisotopic (exact) mass is 263 g/mol. The minimum Gasteiger partial charge on any atom is -0.385 e. The van der Waals surface area contributed by atoms with Crippen molar-refractivity contribution in [1.82, 2.24) is 5.32 Å². The van der Waals surface area contributed by atoms with Gasteiger partial charge in [-0.1, -0.05) is 13.3 Å². The maximum absolute atomic E-state index is 12.1. The summed E-state index contributed by atoms with van der Waals surface area (Å²) in [7, 11) is -1.21. The maximum Gasteiger partial charge on any atom is 0.154 e. The van der Waals surface area contributed by atoms with Gasteiger partial charge in [-0.2, -0.15) is 0 Å². The molecule has 17 heavy (non-hydrogen) atoms. The van der Waals surface area contributed by atoms with Gasteiger partial charge in [0.1, 0.15) is 0 Å². The molecular formula is C12H25NO3S. The van der Waals surface area contributed by atoms with Crippen LogP contribution in [0.4, 0.5) is 0 Å². The summed E-state index contributed by atoms with van der Waals surface area (Å²) in [5.41, 5.74) is 0. The highest BCUT2D eigenvalue weighted by Crippen LogP contribution is 2.24. The number of methoxy groups -OCH3 is 1. The summed E-state index contributed by atoms with van der Waals surface area (Å²) in [4.78, 5) is 0. The topological polar surface area (TPSA) is 55.4 Å². The van der Waals surface area contributed by atoms with Gasteiger partial charge in [0.15, 0.2) is 9.84 Å². The van der Waals surface area contributed by atoms with E-state index in [1.54, 1.807) is 7.11 Å². The molecule has 0 aromatic heterocycles.